The Kier molecular flexibility index (Phi) is 17.9. The molecule has 0 radical (unpaired) electrons. The highest BCUT2D eigenvalue weighted by molar-refractivity contribution is 7.81. The third kappa shape index (κ3) is 13.0. The van der Waals surface area contributed by atoms with Gasteiger partial charge >= 0.3 is 6.18 Å². The van der Waals surface area contributed by atoms with Crippen molar-refractivity contribution < 1.29 is 55.7 Å². The Morgan fingerprint density at radius 1 is 1.01 bits per heavy atom. The van der Waals surface area contributed by atoms with Crippen LogP contribution in [-0.4, -0.2) is 107 Å². The highest BCUT2D eigenvalue weighted by Gasteiger charge is 2.52. The smallest absolute Gasteiger partial charge is 0.420 e. The summed E-state index contributed by atoms with van der Waals surface area (Å²) in [5, 5.41) is 14.6. The second kappa shape index (κ2) is 23.5. The number of nitrogens with zero attached hydrogens (tertiary/aromatic N) is 6. The van der Waals surface area contributed by atoms with Crippen LogP contribution in [0.2, 0.25) is 0 Å². The molecular formula is C50H57F4N9O8S2. The van der Waals surface area contributed by atoms with Crippen LogP contribution in [0.15, 0.2) is 54.2 Å². The number of aryl methyl sites for hydroxylation is 1. The van der Waals surface area contributed by atoms with Crippen molar-refractivity contribution in [3.05, 3.63) is 87.9 Å². The molecular weight excluding hydrogens is 995 g/mol. The number of nitrogens with two attached hydrogens (primary N) is 1. The fraction of sp³-hybridized carbons (Fsp3) is 0.460. The molecule has 4 heterocycles. The van der Waals surface area contributed by atoms with Crippen molar-refractivity contribution in [3.8, 4) is 22.4 Å². The van der Waals surface area contributed by atoms with Crippen molar-refractivity contribution in [1.82, 2.24) is 25.5 Å². The summed E-state index contributed by atoms with van der Waals surface area (Å²) < 4.78 is 73.8. The van der Waals surface area contributed by atoms with E-state index in [0.717, 1.165) is 33.8 Å². The minimum atomic E-state index is -5.25. The zero-order chi connectivity index (χ0) is 53.4. The quantitative estimate of drug-likeness (QED) is 0.0436. The molecule has 2 fully saturated rings. The number of ether oxygens (including phenoxy) is 3. The largest absolute Gasteiger partial charge is 0.477 e. The predicted octanol–water partition coefficient (Wildman–Crippen LogP) is 6.98. The summed E-state index contributed by atoms with van der Waals surface area (Å²) in [6, 6.07) is 10.5. The average molecular weight is 1050 g/mol. The molecule has 0 bridgehead atoms. The van der Waals surface area contributed by atoms with Gasteiger partial charge in [0.1, 0.15) is 35.4 Å². The third-order valence-corrected chi connectivity index (χ3v) is 13.6. The number of nitrogens with one attached hydrogen (secondary N) is 2. The van der Waals surface area contributed by atoms with Gasteiger partial charge in [-0.25, -0.2) is 14.4 Å². The van der Waals surface area contributed by atoms with E-state index >= 15 is 4.39 Å². The lowest BCUT2D eigenvalue weighted by molar-refractivity contribution is -0.144. The number of hydrogen-bond donors (Lipinski definition) is 3. The lowest BCUT2D eigenvalue weighted by atomic mass is 9.85. The topological polar surface area (TPSA) is 222 Å². The first-order valence-corrected chi connectivity index (χ1v) is 24.7. The lowest BCUT2D eigenvalue weighted by Crippen LogP contribution is -2.58. The van der Waals surface area contributed by atoms with Crippen molar-refractivity contribution in [2.75, 3.05) is 49.4 Å². The van der Waals surface area contributed by atoms with Crippen molar-refractivity contribution in [3.63, 3.8) is 0 Å². The highest BCUT2D eigenvalue weighted by Crippen LogP contribution is 2.42. The molecule has 2 aromatic heterocycles. The van der Waals surface area contributed by atoms with Crippen LogP contribution in [0.25, 0.3) is 10.4 Å². The van der Waals surface area contributed by atoms with Gasteiger partial charge in [-0.05, 0) is 99.8 Å². The van der Waals surface area contributed by atoms with Gasteiger partial charge in [-0.1, -0.05) is 45.0 Å². The third-order valence-electron chi connectivity index (χ3n) is 12.2. The number of thiazole rings is 1. The zero-order valence-corrected chi connectivity index (χ0v) is 42.8. The summed E-state index contributed by atoms with van der Waals surface area (Å²) >= 11 is 7.05. The standard InChI is InChI=1S/C50H57F4N9O8S2/c1-29-40(73-28-59-29)31-14-12-30(13-15-31)25-57-43(66)36-11-9-18-61(36)45(67)41(48(2,3)4)60-37(64)27-70-21-10-20-69-19-7-8-22-71-44-34(42(56)65)23-33(26-58-44)63-47(72)62(46(68)49(63,5)6)35-17-16-32(24-55)38(39(35)51)50(52,53)54/h12-17,23,26,28,36,41H,7-11,18-22,25,27H2,1-6H3,(H2,56,65)(H,57,66)(H,60,64)/t36-,41+/m0/s1. The number of nitriles is 1. The van der Waals surface area contributed by atoms with Gasteiger partial charge < -0.3 is 40.4 Å². The first kappa shape index (κ1) is 55.7. The van der Waals surface area contributed by atoms with Crippen molar-refractivity contribution >= 4 is 69.6 Å². The van der Waals surface area contributed by atoms with E-state index in [2.05, 4.69) is 20.6 Å². The zero-order valence-electron chi connectivity index (χ0n) is 41.2. The number of halogens is 4. The summed E-state index contributed by atoms with van der Waals surface area (Å²) in [6.07, 6.45) is -1.37. The SMILES string of the molecule is Cc1ncsc1-c1ccc(CNC(=O)[C@@H]2CCCN2C(=O)[C@@H](NC(=O)COCCCOCCCCOc2ncc(N3C(=S)N(c4ccc(C#N)c(C(F)(F)F)c4F)C(=O)C3(C)C)cc2C(N)=O)C(C)(C)C)cc1. The van der Waals surface area contributed by atoms with E-state index in [-0.39, 0.29) is 48.8 Å². The molecule has 2 atom stereocenters. The maximum absolute atomic E-state index is 15.5. The number of rotatable bonds is 21. The molecule has 23 heteroatoms. The number of benzene rings is 2. The molecule has 4 aromatic rings. The molecule has 5 amide bonds. The number of hydrogen-bond acceptors (Lipinski definition) is 13. The van der Waals surface area contributed by atoms with Crippen molar-refractivity contribution in [1.29, 1.82) is 5.26 Å². The molecule has 2 aliphatic heterocycles. The Bertz CT molecular complexity index is 2760. The maximum Gasteiger partial charge on any atom is 0.420 e. The predicted molar refractivity (Wildman–Crippen MR) is 267 cm³/mol. The molecule has 0 aliphatic carbocycles. The van der Waals surface area contributed by atoms with Gasteiger partial charge in [0, 0.05) is 32.9 Å². The number of amides is 5. The number of alkyl halides is 3. The number of carbonyl (C=O) groups is 5. The van der Waals surface area contributed by atoms with Gasteiger partial charge in [0.2, 0.25) is 23.6 Å². The number of carbonyl (C=O) groups excluding carboxylic acids is 5. The summed E-state index contributed by atoms with van der Waals surface area (Å²) in [7, 11) is 0. The maximum atomic E-state index is 15.5. The van der Waals surface area contributed by atoms with E-state index in [1.165, 1.54) is 37.1 Å². The second-order valence-corrected chi connectivity index (χ2v) is 20.2. The minimum absolute atomic E-state index is 0.0467. The molecule has 2 aliphatic rings. The Labute approximate surface area is 429 Å². The minimum Gasteiger partial charge on any atom is -0.477 e. The second-order valence-electron chi connectivity index (χ2n) is 19.0. The van der Waals surface area contributed by atoms with Crippen LogP contribution in [0.1, 0.15) is 99.5 Å². The van der Waals surface area contributed by atoms with Crippen LogP contribution in [0.5, 0.6) is 5.88 Å². The summed E-state index contributed by atoms with van der Waals surface area (Å²) in [5.41, 5.74) is 4.35. The van der Waals surface area contributed by atoms with Crippen LogP contribution in [0, 0.1) is 29.5 Å². The van der Waals surface area contributed by atoms with Gasteiger partial charge in [0.05, 0.1) is 51.9 Å². The van der Waals surface area contributed by atoms with Crippen LogP contribution in [0.3, 0.4) is 0 Å². The molecule has 0 unspecified atom stereocenters. The summed E-state index contributed by atoms with van der Waals surface area (Å²) in [6.45, 7) is 11.7. The van der Waals surface area contributed by atoms with E-state index in [0.29, 0.717) is 63.3 Å². The molecule has 0 spiro atoms. The van der Waals surface area contributed by atoms with E-state index in [1.54, 1.807) is 16.2 Å². The van der Waals surface area contributed by atoms with Gasteiger partial charge in [0.25, 0.3) is 11.8 Å². The van der Waals surface area contributed by atoms with E-state index in [1.807, 2.05) is 57.5 Å². The normalized spacial score (nSPS) is 16.1. The number of primary amides is 1. The highest BCUT2D eigenvalue weighted by atomic mass is 32.1. The number of pyridine rings is 1. The lowest BCUT2D eigenvalue weighted by Gasteiger charge is -2.35. The molecule has 2 saturated heterocycles. The summed E-state index contributed by atoms with van der Waals surface area (Å²) in [4.78, 5) is 79.4. The first-order valence-electron chi connectivity index (χ1n) is 23.4. The molecule has 0 saturated carbocycles. The Morgan fingerprint density at radius 2 is 1.70 bits per heavy atom. The number of anilines is 2. The van der Waals surface area contributed by atoms with Crippen molar-refractivity contribution in [2.24, 2.45) is 11.1 Å². The van der Waals surface area contributed by atoms with Gasteiger partial charge in [-0.2, -0.15) is 18.4 Å². The van der Waals surface area contributed by atoms with Gasteiger partial charge in [-0.3, -0.25) is 28.9 Å². The molecule has 73 heavy (non-hydrogen) atoms. The number of thiocarbonyl (C=S) groups is 1. The Hall–Kier alpha value is -6.61. The Morgan fingerprint density at radius 3 is 2.34 bits per heavy atom. The van der Waals surface area contributed by atoms with Gasteiger partial charge in [-0.15, -0.1) is 11.3 Å². The number of unbranched alkanes of at least 4 members (excludes halogenated alkanes) is 1. The van der Waals surface area contributed by atoms with Crippen LogP contribution in [0.4, 0.5) is 28.9 Å². The van der Waals surface area contributed by atoms with Crippen LogP contribution in [-0.2, 0) is 41.4 Å². The summed E-state index contributed by atoms with van der Waals surface area (Å²) in [5.74, 6) is -4.87. The van der Waals surface area contributed by atoms with E-state index in [9.17, 15) is 42.4 Å². The van der Waals surface area contributed by atoms with Crippen LogP contribution < -0.4 is 30.9 Å². The monoisotopic (exact) mass is 1050 g/mol. The van der Waals surface area contributed by atoms with Gasteiger partial charge in [0.15, 0.2) is 10.9 Å². The molecule has 2 aromatic carbocycles. The van der Waals surface area contributed by atoms with E-state index in [4.69, 9.17) is 32.2 Å². The first-order chi connectivity index (χ1) is 34.5. The fourth-order valence-corrected chi connectivity index (χ4v) is 9.72. The molecule has 390 valence electrons. The van der Waals surface area contributed by atoms with Crippen LogP contribution >= 0.6 is 23.6 Å². The molecule has 17 nitrogen and oxygen atoms in total. The van der Waals surface area contributed by atoms with E-state index < -0.39 is 74.7 Å². The average Bonchev–Trinajstić information content (AvgIpc) is 4.04. The fourth-order valence-electron chi connectivity index (χ4n) is 8.39. The Balaban J connectivity index is 0.902. The van der Waals surface area contributed by atoms with Crippen molar-refractivity contribution in [2.45, 2.75) is 104 Å². The number of likely N-dealkylation sites (tertiary alicyclic amines) is 1. The number of aromatic nitrogens is 2. The molecule has 4 N–H and O–H groups in total. The molecule has 6 rings (SSSR count).